The molecule has 0 bridgehead atoms. The smallest absolute Gasteiger partial charge is 0.332 e. The Morgan fingerprint density at radius 2 is 1.87 bits per heavy atom. The number of carbonyl (C=O) groups excluding carboxylic acids is 1. The summed E-state index contributed by atoms with van der Waals surface area (Å²) in [4.78, 5) is 12.2. The van der Waals surface area contributed by atoms with Gasteiger partial charge in [-0.15, -0.1) is 0 Å². The zero-order chi connectivity index (χ0) is 22.6. The van der Waals surface area contributed by atoms with Crippen LogP contribution in [0.15, 0.2) is 24.3 Å². The lowest BCUT2D eigenvalue weighted by Gasteiger charge is -2.48. The molecule has 174 valence electrons. The first-order valence-corrected chi connectivity index (χ1v) is 10.5. The third kappa shape index (κ3) is 6.15. The van der Waals surface area contributed by atoms with Crippen LogP contribution < -0.4 is 10.5 Å². The van der Waals surface area contributed by atoms with E-state index in [1.54, 1.807) is 27.9 Å². The molecular weight excluding hydrogens is 406 g/mol. The van der Waals surface area contributed by atoms with Crippen LogP contribution in [0.3, 0.4) is 0 Å². The molecule has 2 aliphatic rings. The second-order valence-electron chi connectivity index (χ2n) is 8.48. The Bertz CT molecular complexity index is 719. The molecule has 0 aliphatic carbocycles. The normalized spacial score (nSPS) is 31.0. The van der Waals surface area contributed by atoms with Gasteiger partial charge in [0.05, 0.1) is 19.8 Å². The monoisotopic (exact) mass is 439 g/mol. The molecule has 1 aromatic rings. The Morgan fingerprint density at radius 1 is 1.16 bits per heavy atom. The fraction of sp³-hybridized carbons (Fsp3) is 0.682. The SMILES string of the molecule is CCOC1OC2COC(c3ccc(OC)cc3)OC2C(OCC(=O)OC(C)(C)C)C1N. The summed E-state index contributed by atoms with van der Waals surface area (Å²) < 4.78 is 40.1. The van der Waals surface area contributed by atoms with Gasteiger partial charge >= 0.3 is 5.97 Å². The molecule has 0 amide bonds. The molecule has 6 unspecified atom stereocenters. The predicted molar refractivity (Wildman–Crippen MR) is 110 cm³/mol. The van der Waals surface area contributed by atoms with E-state index in [1.807, 2.05) is 31.2 Å². The van der Waals surface area contributed by atoms with Crippen LogP contribution in [0.1, 0.15) is 39.5 Å². The van der Waals surface area contributed by atoms with Gasteiger partial charge in [0.15, 0.2) is 12.6 Å². The van der Waals surface area contributed by atoms with Gasteiger partial charge in [-0.2, -0.15) is 0 Å². The highest BCUT2D eigenvalue weighted by molar-refractivity contribution is 5.71. The van der Waals surface area contributed by atoms with E-state index in [0.29, 0.717) is 6.61 Å². The van der Waals surface area contributed by atoms with E-state index in [2.05, 4.69) is 0 Å². The van der Waals surface area contributed by atoms with Crippen LogP contribution >= 0.6 is 0 Å². The first-order chi connectivity index (χ1) is 14.7. The van der Waals surface area contributed by atoms with E-state index in [1.165, 1.54) is 0 Å². The van der Waals surface area contributed by atoms with Crippen LogP contribution in [0.4, 0.5) is 0 Å². The molecule has 0 spiro atoms. The molecule has 2 fully saturated rings. The summed E-state index contributed by atoms with van der Waals surface area (Å²) in [5.41, 5.74) is 6.60. The van der Waals surface area contributed by atoms with Crippen LogP contribution in [0.2, 0.25) is 0 Å². The summed E-state index contributed by atoms with van der Waals surface area (Å²) in [5, 5.41) is 0. The first kappa shape index (κ1) is 23.9. The largest absolute Gasteiger partial charge is 0.497 e. The van der Waals surface area contributed by atoms with Crippen molar-refractivity contribution in [3.63, 3.8) is 0 Å². The van der Waals surface area contributed by atoms with Gasteiger partial charge in [0, 0.05) is 12.2 Å². The molecule has 2 heterocycles. The van der Waals surface area contributed by atoms with E-state index in [9.17, 15) is 4.79 Å². The number of benzene rings is 1. The highest BCUT2D eigenvalue weighted by atomic mass is 16.8. The van der Waals surface area contributed by atoms with Crippen LogP contribution in [0.25, 0.3) is 0 Å². The lowest BCUT2D eigenvalue weighted by molar-refractivity contribution is -0.345. The minimum absolute atomic E-state index is 0.255. The van der Waals surface area contributed by atoms with E-state index in [0.717, 1.165) is 11.3 Å². The second-order valence-corrected chi connectivity index (χ2v) is 8.48. The van der Waals surface area contributed by atoms with Gasteiger partial charge in [-0.3, -0.25) is 0 Å². The Balaban J connectivity index is 1.73. The fourth-order valence-electron chi connectivity index (χ4n) is 3.58. The van der Waals surface area contributed by atoms with Crippen LogP contribution in [-0.2, 0) is 33.2 Å². The molecule has 1 aromatic carbocycles. The molecule has 0 saturated carbocycles. The number of esters is 1. The van der Waals surface area contributed by atoms with Crippen molar-refractivity contribution in [1.29, 1.82) is 0 Å². The molecule has 9 heteroatoms. The van der Waals surface area contributed by atoms with Crippen LogP contribution in [0.5, 0.6) is 5.75 Å². The van der Waals surface area contributed by atoms with Crippen molar-refractivity contribution in [2.75, 3.05) is 26.9 Å². The standard InChI is InChI=1S/C22H33NO8/c1-6-26-21-17(23)19(27-12-16(24)31-22(2,3)4)18-15(29-21)11-28-20(30-18)13-7-9-14(25-5)10-8-13/h7-10,15,17-21H,6,11-12,23H2,1-5H3. The number of hydrogen-bond donors (Lipinski definition) is 1. The third-order valence-corrected chi connectivity index (χ3v) is 4.92. The van der Waals surface area contributed by atoms with Crippen molar-refractivity contribution in [1.82, 2.24) is 0 Å². The average Bonchev–Trinajstić information content (AvgIpc) is 2.72. The number of nitrogens with two attached hydrogens (primary N) is 1. The molecule has 2 aliphatic heterocycles. The summed E-state index contributed by atoms with van der Waals surface area (Å²) in [6.07, 6.45) is -2.96. The van der Waals surface area contributed by atoms with Crippen molar-refractivity contribution >= 4 is 5.97 Å². The quantitative estimate of drug-likeness (QED) is 0.638. The number of rotatable bonds is 7. The third-order valence-electron chi connectivity index (χ3n) is 4.92. The van der Waals surface area contributed by atoms with Gasteiger partial charge in [-0.05, 0) is 39.8 Å². The maximum Gasteiger partial charge on any atom is 0.332 e. The van der Waals surface area contributed by atoms with Crippen molar-refractivity contribution in [2.24, 2.45) is 5.73 Å². The van der Waals surface area contributed by atoms with Gasteiger partial charge < -0.3 is 38.9 Å². The lowest BCUT2D eigenvalue weighted by atomic mass is 9.96. The predicted octanol–water partition coefficient (Wildman–Crippen LogP) is 1.92. The summed E-state index contributed by atoms with van der Waals surface area (Å²) in [5.74, 6) is 0.257. The summed E-state index contributed by atoms with van der Waals surface area (Å²) in [7, 11) is 1.61. The molecule has 0 aromatic heterocycles. The molecule has 3 rings (SSSR count). The van der Waals surface area contributed by atoms with Crippen molar-refractivity contribution in [2.45, 2.75) is 70.2 Å². The van der Waals surface area contributed by atoms with Crippen LogP contribution in [-0.4, -0.2) is 69.1 Å². The molecule has 0 radical (unpaired) electrons. The first-order valence-electron chi connectivity index (χ1n) is 10.5. The number of methoxy groups -OCH3 is 1. The summed E-state index contributed by atoms with van der Waals surface area (Å²) in [6, 6.07) is 6.75. The van der Waals surface area contributed by atoms with Gasteiger partial charge in [0.25, 0.3) is 0 Å². The number of fused-ring (bicyclic) bond motifs is 1. The van der Waals surface area contributed by atoms with Gasteiger partial charge in [0.1, 0.15) is 36.3 Å². The zero-order valence-corrected chi connectivity index (χ0v) is 18.7. The Hall–Kier alpha value is -1.75. The molecule has 2 N–H and O–H groups in total. The van der Waals surface area contributed by atoms with E-state index in [4.69, 9.17) is 38.9 Å². The summed E-state index contributed by atoms with van der Waals surface area (Å²) in [6.45, 7) is 7.68. The Morgan fingerprint density at radius 3 is 2.48 bits per heavy atom. The molecular formula is C22H33NO8. The molecule has 6 atom stereocenters. The maximum atomic E-state index is 12.2. The fourth-order valence-corrected chi connectivity index (χ4v) is 3.58. The summed E-state index contributed by atoms with van der Waals surface area (Å²) >= 11 is 0. The Kier molecular flexibility index (Phi) is 7.90. The van der Waals surface area contributed by atoms with Crippen LogP contribution in [0, 0.1) is 0 Å². The van der Waals surface area contributed by atoms with Gasteiger partial charge in [-0.25, -0.2) is 4.79 Å². The van der Waals surface area contributed by atoms with E-state index >= 15 is 0 Å². The number of hydrogen-bond acceptors (Lipinski definition) is 9. The molecule has 2 saturated heterocycles. The highest BCUT2D eigenvalue weighted by Crippen LogP contribution is 2.35. The second kappa shape index (κ2) is 10.2. The lowest BCUT2D eigenvalue weighted by Crippen LogP contribution is -2.66. The number of ether oxygens (including phenoxy) is 7. The van der Waals surface area contributed by atoms with Gasteiger partial charge in [-0.1, -0.05) is 12.1 Å². The number of carbonyl (C=O) groups is 1. The minimum Gasteiger partial charge on any atom is -0.497 e. The van der Waals surface area contributed by atoms with Crippen molar-refractivity contribution in [3.05, 3.63) is 29.8 Å². The van der Waals surface area contributed by atoms with E-state index in [-0.39, 0.29) is 13.2 Å². The molecule has 31 heavy (non-hydrogen) atoms. The van der Waals surface area contributed by atoms with Gasteiger partial charge in [0.2, 0.25) is 0 Å². The zero-order valence-electron chi connectivity index (χ0n) is 18.7. The maximum absolute atomic E-state index is 12.2. The van der Waals surface area contributed by atoms with Crippen molar-refractivity contribution < 1.29 is 38.0 Å². The molecule has 9 nitrogen and oxygen atoms in total. The average molecular weight is 440 g/mol. The highest BCUT2D eigenvalue weighted by Gasteiger charge is 2.50. The van der Waals surface area contributed by atoms with Crippen molar-refractivity contribution in [3.8, 4) is 5.75 Å². The van der Waals surface area contributed by atoms with E-state index < -0.39 is 48.5 Å². The minimum atomic E-state index is -0.695. The topological polar surface area (TPSA) is 108 Å². The Labute approximate surface area is 183 Å².